The van der Waals surface area contributed by atoms with Crippen LogP contribution < -0.4 is 10.2 Å². The van der Waals surface area contributed by atoms with Crippen molar-refractivity contribution in [1.82, 2.24) is 19.9 Å². The average molecular weight is 500 g/mol. The minimum Gasteiger partial charge on any atom is -0.346 e. The van der Waals surface area contributed by atoms with E-state index in [4.69, 9.17) is 11.6 Å². The third kappa shape index (κ3) is 5.06. The number of hydrogen-bond acceptors (Lipinski definition) is 7. The highest BCUT2D eigenvalue weighted by molar-refractivity contribution is 6.35. The number of nitrogens with zero attached hydrogens (tertiary/aromatic N) is 6. The molecule has 1 fully saturated rings. The van der Waals surface area contributed by atoms with E-state index < -0.39 is 18.2 Å². The number of fused-ring (bicyclic) bond motifs is 1. The fraction of sp³-hybridized carbons (Fsp3) is 0.292. The Morgan fingerprint density at radius 1 is 1.40 bits per heavy atom. The lowest BCUT2D eigenvalue weighted by atomic mass is 9.99. The first-order valence-electron chi connectivity index (χ1n) is 10.7. The molecular formula is C24H24ClF2N7O. The van der Waals surface area contributed by atoms with E-state index >= 15 is 0 Å². The summed E-state index contributed by atoms with van der Waals surface area (Å²) in [5.41, 5.74) is 1.39. The molecule has 1 aliphatic heterocycles. The number of halogens is 3. The van der Waals surface area contributed by atoms with Gasteiger partial charge >= 0.3 is 0 Å². The van der Waals surface area contributed by atoms with Crippen molar-refractivity contribution in [3.63, 3.8) is 0 Å². The lowest BCUT2D eigenvalue weighted by molar-refractivity contribution is -0.109. The molecule has 2 aromatic heterocycles. The normalized spacial score (nSPS) is 19.3. The zero-order chi connectivity index (χ0) is 25.7. The summed E-state index contributed by atoms with van der Waals surface area (Å²) >= 11 is 6.10. The fourth-order valence-electron chi connectivity index (χ4n) is 3.69. The summed E-state index contributed by atoms with van der Waals surface area (Å²) in [4.78, 5) is 22.0. The number of allylic oxidation sites excluding steroid dienone is 5. The Bertz CT molecular complexity index is 1320. The van der Waals surface area contributed by atoms with Crippen LogP contribution in [0.3, 0.4) is 0 Å². The van der Waals surface area contributed by atoms with Gasteiger partial charge in [-0.25, -0.2) is 13.8 Å². The second-order valence-corrected chi connectivity index (χ2v) is 8.12. The minimum atomic E-state index is -2.94. The Kier molecular flexibility index (Phi) is 8.27. The van der Waals surface area contributed by atoms with Gasteiger partial charge in [-0.1, -0.05) is 24.3 Å². The van der Waals surface area contributed by atoms with Crippen molar-refractivity contribution in [3.8, 4) is 6.07 Å². The van der Waals surface area contributed by atoms with Crippen molar-refractivity contribution in [2.45, 2.75) is 25.8 Å². The highest BCUT2D eigenvalue weighted by Gasteiger charge is 2.34. The first kappa shape index (κ1) is 25.9. The number of hydrogen-bond donors (Lipinski definition) is 1. The largest absolute Gasteiger partial charge is 0.346 e. The van der Waals surface area contributed by atoms with Gasteiger partial charge in [0.05, 0.1) is 17.4 Å². The second-order valence-electron chi connectivity index (χ2n) is 7.69. The molecule has 0 spiro atoms. The molecule has 1 saturated heterocycles. The molecule has 3 heterocycles. The highest BCUT2D eigenvalue weighted by atomic mass is 35.5. The summed E-state index contributed by atoms with van der Waals surface area (Å²) in [5.74, 6) is 0.416. The number of anilines is 1. The van der Waals surface area contributed by atoms with Crippen LogP contribution in [0.5, 0.6) is 0 Å². The lowest BCUT2D eigenvalue weighted by Crippen LogP contribution is -2.50. The molecule has 35 heavy (non-hydrogen) atoms. The standard InChI is InChI=1S/C22H17ClF2N6O.C2H7N/c1-3-27-18-9-14(23)5-4-13(18)8-16-12(2)28-21-17(10-26)19(20(24)25)29-31(21)22(16)30-7-6-15(30)11-32;1-3-2/h3-5,8-9,11,15,20H,1,6-7H2,2H3;3H,1-2H3/b13-8+,27-18?;. The smallest absolute Gasteiger partial charge is 0.283 e. The minimum absolute atomic E-state index is 0.0242. The monoisotopic (exact) mass is 499 g/mol. The van der Waals surface area contributed by atoms with Crippen LogP contribution in [-0.4, -0.2) is 53.3 Å². The van der Waals surface area contributed by atoms with Crippen LogP contribution in [0.25, 0.3) is 11.7 Å². The Labute approximate surface area is 206 Å². The molecule has 0 amide bonds. The molecule has 0 aromatic carbocycles. The third-order valence-electron chi connectivity index (χ3n) is 5.33. The molecular weight excluding hydrogens is 476 g/mol. The van der Waals surface area contributed by atoms with Crippen LogP contribution in [-0.2, 0) is 4.79 Å². The van der Waals surface area contributed by atoms with Crippen molar-refractivity contribution in [1.29, 1.82) is 5.26 Å². The molecule has 0 radical (unpaired) electrons. The topological polar surface area (TPSA) is 98.7 Å². The van der Waals surface area contributed by atoms with E-state index in [1.54, 1.807) is 42.2 Å². The number of aromatic nitrogens is 3. The summed E-state index contributed by atoms with van der Waals surface area (Å²) < 4.78 is 28.4. The van der Waals surface area contributed by atoms with Gasteiger partial charge in [-0.3, -0.25) is 4.99 Å². The Balaban J connectivity index is 0.00000108. The predicted molar refractivity (Wildman–Crippen MR) is 133 cm³/mol. The van der Waals surface area contributed by atoms with Gasteiger partial charge in [0.25, 0.3) is 6.43 Å². The van der Waals surface area contributed by atoms with Crippen LogP contribution >= 0.6 is 11.6 Å². The second kappa shape index (κ2) is 11.2. The van der Waals surface area contributed by atoms with Crippen LogP contribution in [0, 0.1) is 18.3 Å². The summed E-state index contributed by atoms with van der Waals surface area (Å²) in [6.45, 7) is 5.86. The molecule has 2 aromatic rings. The molecule has 182 valence electrons. The van der Waals surface area contributed by atoms with E-state index in [-0.39, 0.29) is 11.2 Å². The molecule has 8 nitrogen and oxygen atoms in total. The highest BCUT2D eigenvalue weighted by Crippen LogP contribution is 2.35. The van der Waals surface area contributed by atoms with Gasteiger partial charge < -0.3 is 15.0 Å². The van der Waals surface area contributed by atoms with E-state index in [0.29, 0.717) is 46.4 Å². The number of carbonyl (C=O) groups excluding carboxylic acids is 1. The van der Waals surface area contributed by atoms with Crippen molar-refractivity contribution in [3.05, 3.63) is 64.1 Å². The van der Waals surface area contributed by atoms with E-state index in [1.807, 2.05) is 14.1 Å². The molecule has 1 N–H and O–H groups in total. The first-order valence-corrected chi connectivity index (χ1v) is 11.1. The van der Waals surface area contributed by atoms with E-state index in [2.05, 4.69) is 27.0 Å². The maximum atomic E-state index is 13.6. The van der Waals surface area contributed by atoms with E-state index in [1.165, 1.54) is 10.7 Å². The Hall–Kier alpha value is -3.68. The van der Waals surface area contributed by atoms with Crippen LogP contribution in [0.1, 0.15) is 35.4 Å². The molecule has 1 atom stereocenters. The number of aryl methyl sites for hydroxylation is 1. The Morgan fingerprint density at radius 3 is 2.66 bits per heavy atom. The van der Waals surface area contributed by atoms with Gasteiger partial charge in [0.2, 0.25) is 0 Å². The number of aliphatic imine (C=N–C) groups is 1. The molecule has 1 unspecified atom stereocenters. The molecule has 0 saturated carbocycles. The van der Waals surface area contributed by atoms with E-state index in [9.17, 15) is 18.8 Å². The van der Waals surface area contributed by atoms with Gasteiger partial charge in [0.15, 0.2) is 5.65 Å². The van der Waals surface area contributed by atoms with Gasteiger partial charge in [-0.05, 0) is 45.7 Å². The lowest BCUT2D eigenvalue weighted by Gasteiger charge is -2.40. The van der Waals surface area contributed by atoms with Crippen LogP contribution in [0.15, 0.2) is 46.6 Å². The van der Waals surface area contributed by atoms with Gasteiger partial charge in [-0.15, -0.1) is 0 Å². The van der Waals surface area contributed by atoms with Crippen LogP contribution in [0.4, 0.5) is 14.6 Å². The zero-order valence-electron chi connectivity index (χ0n) is 19.5. The number of alkyl halides is 2. The SMILES string of the molecule is C=CN=C1C=C(Cl)C=C/C1=C\c1c(C)nc2c(C#N)c(C(F)F)nn2c1N1CCC1C=O.CNC. The van der Waals surface area contributed by atoms with Crippen molar-refractivity contribution < 1.29 is 13.6 Å². The van der Waals surface area contributed by atoms with Crippen LogP contribution in [0.2, 0.25) is 0 Å². The summed E-state index contributed by atoms with van der Waals surface area (Å²) in [7, 11) is 3.75. The number of carbonyl (C=O) groups is 1. The van der Waals surface area contributed by atoms with Crippen molar-refractivity contribution in [2.75, 3.05) is 25.5 Å². The molecule has 4 rings (SSSR count). The average Bonchev–Trinajstić information content (AvgIpc) is 3.16. The fourth-order valence-corrected chi connectivity index (χ4v) is 3.86. The van der Waals surface area contributed by atoms with Crippen molar-refractivity contribution >= 4 is 41.1 Å². The molecule has 11 heteroatoms. The van der Waals surface area contributed by atoms with Gasteiger partial charge in [0, 0.05) is 28.9 Å². The summed E-state index contributed by atoms with van der Waals surface area (Å²) in [6.07, 6.45) is 6.79. The summed E-state index contributed by atoms with van der Waals surface area (Å²) in [5, 5.41) is 16.7. The maximum Gasteiger partial charge on any atom is 0.283 e. The van der Waals surface area contributed by atoms with Gasteiger partial charge in [-0.2, -0.15) is 14.9 Å². The number of rotatable bonds is 5. The molecule has 0 bridgehead atoms. The van der Waals surface area contributed by atoms with Crippen molar-refractivity contribution in [2.24, 2.45) is 4.99 Å². The quantitative estimate of drug-likeness (QED) is 0.621. The van der Waals surface area contributed by atoms with Gasteiger partial charge in [0.1, 0.15) is 29.4 Å². The first-order chi connectivity index (χ1) is 16.8. The number of nitrogens with one attached hydrogen (secondary N) is 1. The zero-order valence-corrected chi connectivity index (χ0v) is 20.2. The third-order valence-corrected chi connectivity index (χ3v) is 5.56. The molecule has 1 aliphatic carbocycles. The Morgan fingerprint density at radius 2 is 2.11 bits per heavy atom. The molecule has 2 aliphatic rings. The maximum absolute atomic E-state index is 13.6. The number of aldehydes is 1. The number of nitriles is 1. The summed E-state index contributed by atoms with van der Waals surface area (Å²) in [6, 6.07) is 1.36. The van der Waals surface area contributed by atoms with E-state index in [0.717, 1.165) is 6.29 Å². The predicted octanol–water partition coefficient (Wildman–Crippen LogP) is 4.12.